The van der Waals surface area contributed by atoms with Crippen LogP contribution in [0.2, 0.25) is 0 Å². The summed E-state index contributed by atoms with van der Waals surface area (Å²) in [5, 5.41) is 20.1. The van der Waals surface area contributed by atoms with Gasteiger partial charge < -0.3 is 10.2 Å². The molecule has 1 aromatic heterocycles. The van der Waals surface area contributed by atoms with Crippen LogP contribution in [0, 0.1) is 10.1 Å². The Morgan fingerprint density at radius 1 is 1.12 bits per heavy atom. The molecule has 0 bridgehead atoms. The van der Waals surface area contributed by atoms with Crippen LogP contribution < -0.4 is 15.8 Å². The summed E-state index contributed by atoms with van der Waals surface area (Å²) in [7, 11) is 0. The van der Waals surface area contributed by atoms with Crippen LogP contribution in [-0.2, 0) is 0 Å². The fraction of sp³-hybridized carbons (Fsp3) is 0.222. The fourth-order valence-electron chi connectivity index (χ4n) is 3.22. The molecule has 26 heavy (non-hydrogen) atoms. The number of aromatic nitrogens is 2. The number of hydrogen-bond donors (Lipinski definition) is 1. The summed E-state index contributed by atoms with van der Waals surface area (Å²) >= 11 is 0. The lowest BCUT2D eigenvalue weighted by Gasteiger charge is -2.29. The molecular formula is C18H17N5O3. The average molecular weight is 351 g/mol. The van der Waals surface area contributed by atoms with Crippen LogP contribution >= 0.6 is 0 Å². The maximum Gasteiger partial charge on any atom is 0.295 e. The molecule has 3 aromatic rings. The highest BCUT2D eigenvalue weighted by atomic mass is 16.6. The van der Waals surface area contributed by atoms with Crippen molar-refractivity contribution in [1.82, 2.24) is 15.1 Å². The summed E-state index contributed by atoms with van der Waals surface area (Å²) in [5.74, 6) is 0. The van der Waals surface area contributed by atoms with Gasteiger partial charge in [-0.15, -0.1) is 0 Å². The van der Waals surface area contributed by atoms with Gasteiger partial charge >= 0.3 is 0 Å². The van der Waals surface area contributed by atoms with E-state index in [4.69, 9.17) is 0 Å². The minimum Gasteiger partial charge on any atom is -0.369 e. The van der Waals surface area contributed by atoms with E-state index in [0.717, 1.165) is 36.5 Å². The molecule has 0 spiro atoms. The van der Waals surface area contributed by atoms with Gasteiger partial charge in [-0.2, -0.15) is 9.78 Å². The number of piperazine rings is 1. The molecule has 1 aliphatic heterocycles. The Bertz CT molecular complexity index is 1040. The molecule has 0 unspecified atom stereocenters. The molecule has 4 rings (SSSR count). The van der Waals surface area contributed by atoms with Crippen molar-refractivity contribution in [2.75, 3.05) is 31.1 Å². The zero-order valence-corrected chi connectivity index (χ0v) is 14.0. The van der Waals surface area contributed by atoms with E-state index < -0.39 is 4.92 Å². The van der Waals surface area contributed by atoms with E-state index >= 15 is 0 Å². The largest absolute Gasteiger partial charge is 0.369 e. The predicted octanol–water partition coefficient (Wildman–Crippen LogP) is 1.70. The molecule has 2 heterocycles. The molecule has 0 aliphatic carbocycles. The first kappa shape index (κ1) is 16.2. The molecule has 132 valence electrons. The first-order valence-electron chi connectivity index (χ1n) is 8.37. The van der Waals surface area contributed by atoms with Crippen molar-refractivity contribution in [2.24, 2.45) is 0 Å². The van der Waals surface area contributed by atoms with Crippen LogP contribution in [0.1, 0.15) is 0 Å². The number of nitrogens with zero attached hydrogens (tertiary/aromatic N) is 4. The molecule has 1 aliphatic rings. The standard InChI is InChI=1S/C18H17N5O3/c24-18-15-4-2-1-3-13(15)12-20-22(18)17-11-14(5-6-16(17)23(25)26)21-9-7-19-8-10-21/h1-6,11-12,19H,7-10H2. The SMILES string of the molecule is O=c1c2ccccc2cnn1-c1cc(N2CCNCC2)ccc1[N+](=O)[O-]. The van der Waals surface area contributed by atoms with Crippen molar-refractivity contribution >= 4 is 22.1 Å². The Balaban J connectivity index is 1.90. The third kappa shape index (κ3) is 2.80. The second-order valence-electron chi connectivity index (χ2n) is 6.12. The summed E-state index contributed by atoms with van der Waals surface area (Å²) in [6.45, 7) is 3.30. The Labute approximate surface area is 148 Å². The van der Waals surface area contributed by atoms with Gasteiger partial charge in [-0.1, -0.05) is 18.2 Å². The van der Waals surface area contributed by atoms with E-state index in [1.165, 1.54) is 6.07 Å². The van der Waals surface area contributed by atoms with Gasteiger partial charge in [-0.05, 0) is 18.2 Å². The van der Waals surface area contributed by atoms with Gasteiger partial charge in [0.15, 0.2) is 0 Å². The second-order valence-corrected chi connectivity index (χ2v) is 6.12. The van der Waals surface area contributed by atoms with E-state index in [0.29, 0.717) is 10.8 Å². The molecule has 0 atom stereocenters. The second kappa shape index (κ2) is 6.57. The molecule has 2 aromatic carbocycles. The highest BCUT2D eigenvalue weighted by Crippen LogP contribution is 2.27. The number of nitrogens with one attached hydrogen (secondary N) is 1. The van der Waals surface area contributed by atoms with Crippen molar-refractivity contribution in [3.63, 3.8) is 0 Å². The van der Waals surface area contributed by atoms with E-state index in [1.807, 2.05) is 6.07 Å². The zero-order valence-electron chi connectivity index (χ0n) is 14.0. The summed E-state index contributed by atoms with van der Waals surface area (Å²) in [4.78, 5) is 26.0. The third-order valence-electron chi connectivity index (χ3n) is 4.56. The normalized spacial score (nSPS) is 14.5. The molecular weight excluding hydrogens is 334 g/mol. The Morgan fingerprint density at radius 2 is 1.88 bits per heavy atom. The van der Waals surface area contributed by atoms with Gasteiger partial charge in [0.25, 0.3) is 11.2 Å². The predicted molar refractivity (Wildman–Crippen MR) is 99.1 cm³/mol. The van der Waals surface area contributed by atoms with Gasteiger partial charge in [0.2, 0.25) is 0 Å². The quantitative estimate of drug-likeness (QED) is 0.570. The van der Waals surface area contributed by atoms with Gasteiger partial charge in [-0.25, -0.2) is 0 Å². The number of rotatable bonds is 3. The van der Waals surface area contributed by atoms with E-state index in [-0.39, 0.29) is 16.9 Å². The molecule has 8 nitrogen and oxygen atoms in total. The monoisotopic (exact) mass is 351 g/mol. The van der Waals surface area contributed by atoms with Crippen LogP contribution in [0.25, 0.3) is 16.5 Å². The zero-order chi connectivity index (χ0) is 18.1. The van der Waals surface area contributed by atoms with Crippen LogP contribution in [0.5, 0.6) is 0 Å². The van der Waals surface area contributed by atoms with E-state index in [1.54, 1.807) is 36.5 Å². The summed E-state index contributed by atoms with van der Waals surface area (Å²) in [6.07, 6.45) is 1.55. The highest BCUT2D eigenvalue weighted by Gasteiger charge is 2.21. The number of hydrogen-bond acceptors (Lipinski definition) is 6. The molecule has 1 saturated heterocycles. The van der Waals surface area contributed by atoms with Crippen molar-refractivity contribution in [3.05, 3.63) is 69.1 Å². The summed E-state index contributed by atoms with van der Waals surface area (Å²) in [5.41, 5.74) is 0.508. The van der Waals surface area contributed by atoms with Crippen LogP contribution in [0.4, 0.5) is 11.4 Å². The topological polar surface area (TPSA) is 93.3 Å². The Morgan fingerprint density at radius 3 is 2.65 bits per heavy atom. The van der Waals surface area contributed by atoms with Gasteiger partial charge in [-0.3, -0.25) is 14.9 Å². The average Bonchev–Trinajstić information content (AvgIpc) is 2.69. The number of anilines is 1. The third-order valence-corrected chi connectivity index (χ3v) is 4.56. The van der Waals surface area contributed by atoms with Crippen LogP contribution in [0.3, 0.4) is 0 Å². The lowest BCUT2D eigenvalue weighted by atomic mass is 10.2. The van der Waals surface area contributed by atoms with Gasteiger partial charge in [0, 0.05) is 43.3 Å². The van der Waals surface area contributed by atoms with E-state index in [9.17, 15) is 14.9 Å². The lowest BCUT2D eigenvalue weighted by Crippen LogP contribution is -2.43. The Hall–Kier alpha value is -3.26. The molecule has 8 heteroatoms. The molecule has 0 saturated carbocycles. The lowest BCUT2D eigenvalue weighted by molar-refractivity contribution is -0.384. The van der Waals surface area contributed by atoms with Crippen molar-refractivity contribution in [3.8, 4) is 5.69 Å². The summed E-state index contributed by atoms with van der Waals surface area (Å²) in [6, 6.07) is 11.9. The van der Waals surface area contributed by atoms with Gasteiger partial charge in [0.05, 0.1) is 16.5 Å². The highest BCUT2D eigenvalue weighted by molar-refractivity contribution is 5.81. The minimum absolute atomic E-state index is 0.145. The summed E-state index contributed by atoms with van der Waals surface area (Å²) < 4.78 is 1.12. The molecule has 0 radical (unpaired) electrons. The molecule has 1 fully saturated rings. The minimum atomic E-state index is -0.486. The number of benzene rings is 2. The molecule has 1 N–H and O–H groups in total. The fourth-order valence-corrected chi connectivity index (χ4v) is 3.22. The van der Waals surface area contributed by atoms with Gasteiger partial charge in [0.1, 0.15) is 5.69 Å². The van der Waals surface area contributed by atoms with Crippen LogP contribution in [-0.4, -0.2) is 40.9 Å². The number of nitro groups is 1. The Kier molecular flexibility index (Phi) is 4.10. The van der Waals surface area contributed by atoms with Crippen molar-refractivity contribution in [2.45, 2.75) is 0 Å². The first-order valence-corrected chi connectivity index (χ1v) is 8.37. The van der Waals surface area contributed by atoms with Crippen molar-refractivity contribution in [1.29, 1.82) is 0 Å². The maximum atomic E-state index is 12.8. The number of nitro benzene ring substituents is 1. The van der Waals surface area contributed by atoms with E-state index in [2.05, 4.69) is 15.3 Å². The number of fused-ring (bicyclic) bond motifs is 1. The van der Waals surface area contributed by atoms with Crippen LogP contribution in [0.15, 0.2) is 53.5 Å². The molecule has 0 amide bonds. The smallest absolute Gasteiger partial charge is 0.295 e. The maximum absolute atomic E-state index is 12.8. The first-order chi connectivity index (χ1) is 12.6. The van der Waals surface area contributed by atoms with Crippen molar-refractivity contribution < 1.29 is 4.92 Å².